The second-order valence-electron chi connectivity index (χ2n) is 5.70. The maximum Gasteiger partial charge on any atom is 0.136 e. The summed E-state index contributed by atoms with van der Waals surface area (Å²) in [5.41, 5.74) is 6.90. The second-order valence-corrected chi connectivity index (χ2v) is 5.70. The van der Waals surface area contributed by atoms with E-state index in [1.165, 1.54) is 12.5 Å². The number of halogens is 1. The Morgan fingerprint density at radius 2 is 2.05 bits per heavy atom. The van der Waals surface area contributed by atoms with E-state index in [1.54, 1.807) is 6.07 Å². The Balaban J connectivity index is 2.25. The van der Waals surface area contributed by atoms with E-state index < -0.39 is 5.82 Å². The Labute approximate surface area is 114 Å². The van der Waals surface area contributed by atoms with Crippen LogP contribution in [0.5, 0.6) is 0 Å². The van der Waals surface area contributed by atoms with Gasteiger partial charge in [-0.25, -0.2) is 4.39 Å². The van der Waals surface area contributed by atoms with Crippen molar-refractivity contribution in [2.24, 2.45) is 11.1 Å². The van der Waals surface area contributed by atoms with Gasteiger partial charge in [-0.3, -0.25) is 5.41 Å². The number of piperidine rings is 1. The van der Waals surface area contributed by atoms with Crippen LogP contribution in [-0.4, -0.2) is 18.9 Å². The van der Waals surface area contributed by atoms with E-state index in [0.29, 0.717) is 5.41 Å². The average molecular weight is 263 g/mol. The van der Waals surface area contributed by atoms with Crippen LogP contribution in [0.1, 0.15) is 38.7 Å². The average Bonchev–Trinajstić information content (AvgIpc) is 2.39. The van der Waals surface area contributed by atoms with Crippen molar-refractivity contribution < 1.29 is 4.39 Å². The van der Waals surface area contributed by atoms with Crippen molar-refractivity contribution in [2.45, 2.75) is 33.1 Å². The second kappa shape index (κ2) is 5.19. The van der Waals surface area contributed by atoms with Gasteiger partial charge in [0.25, 0.3) is 0 Å². The molecular formula is C15H22FN3. The van der Waals surface area contributed by atoms with Gasteiger partial charge >= 0.3 is 0 Å². The summed E-state index contributed by atoms with van der Waals surface area (Å²) in [4.78, 5) is 2.15. The van der Waals surface area contributed by atoms with Crippen molar-refractivity contribution in [3.63, 3.8) is 0 Å². The fourth-order valence-electron chi connectivity index (χ4n) is 2.68. The van der Waals surface area contributed by atoms with Crippen LogP contribution in [0.2, 0.25) is 0 Å². The minimum absolute atomic E-state index is 0.197. The van der Waals surface area contributed by atoms with E-state index in [2.05, 4.69) is 18.7 Å². The minimum atomic E-state index is -0.408. The fourth-order valence-corrected chi connectivity index (χ4v) is 2.68. The predicted octanol–water partition coefficient (Wildman–Crippen LogP) is 3.13. The summed E-state index contributed by atoms with van der Waals surface area (Å²) in [5, 5.41) is 7.56. The van der Waals surface area contributed by atoms with Gasteiger partial charge < -0.3 is 10.6 Å². The molecule has 0 bridgehead atoms. The Morgan fingerprint density at radius 1 is 1.42 bits per heavy atom. The molecular weight excluding hydrogens is 241 g/mol. The number of nitrogen functional groups attached to an aromatic ring is 1. The molecule has 0 atom stereocenters. The third-order valence-electron chi connectivity index (χ3n) is 4.43. The molecule has 19 heavy (non-hydrogen) atoms. The summed E-state index contributed by atoms with van der Waals surface area (Å²) in [5.74, 6) is -0.606. The van der Waals surface area contributed by atoms with Gasteiger partial charge in [-0.1, -0.05) is 26.3 Å². The highest BCUT2D eigenvalue weighted by atomic mass is 19.1. The Kier molecular flexibility index (Phi) is 3.78. The van der Waals surface area contributed by atoms with Gasteiger partial charge in [-0.15, -0.1) is 0 Å². The number of rotatable bonds is 3. The third-order valence-corrected chi connectivity index (χ3v) is 4.43. The molecule has 0 radical (unpaired) electrons. The van der Waals surface area contributed by atoms with E-state index in [4.69, 9.17) is 11.1 Å². The summed E-state index contributed by atoms with van der Waals surface area (Å²) in [6, 6.07) is 4.90. The molecule has 104 valence electrons. The zero-order valence-electron chi connectivity index (χ0n) is 11.7. The van der Waals surface area contributed by atoms with Gasteiger partial charge in [0.1, 0.15) is 11.7 Å². The SMILES string of the molecule is CCC1(C)CCN(c2cccc(F)c2C(=N)N)CC1. The topological polar surface area (TPSA) is 53.1 Å². The first-order chi connectivity index (χ1) is 8.97. The van der Waals surface area contributed by atoms with E-state index in [1.807, 2.05) is 6.07 Å². The molecule has 3 nitrogen and oxygen atoms in total. The summed E-state index contributed by atoms with van der Waals surface area (Å²) in [7, 11) is 0. The molecule has 1 saturated heterocycles. The van der Waals surface area contributed by atoms with Crippen molar-refractivity contribution >= 4 is 11.5 Å². The fraction of sp³-hybridized carbons (Fsp3) is 0.533. The van der Waals surface area contributed by atoms with Crippen molar-refractivity contribution in [3.05, 3.63) is 29.6 Å². The number of hydrogen-bond acceptors (Lipinski definition) is 2. The van der Waals surface area contributed by atoms with Crippen LogP contribution >= 0.6 is 0 Å². The molecule has 4 heteroatoms. The maximum absolute atomic E-state index is 13.8. The lowest BCUT2D eigenvalue weighted by Gasteiger charge is -2.40. The van der Waals surface area contributed by atoms with Crippen LogP contribution in [0.3, 0.4) is 0 Å². The molecule has 0 saturated carbocycles. The van der Waals surface area contributed by atoms with Crippen molar-refractivity contribution in [3.8, 4) is 0 Å². The molecule has 0 amide bonds. The molecule has 1 aliphatic rings. The largest absolute Gasteiger partial charge is 0.384 e. The van der Waals surface area contributed by atoms with Crippen LogP contribution in [-0.2, 0) is 0 Å². The first-order valence-corrected chi connectivity index (χ1v) is 6.85. The molecule has 2 rings (SSSR count). The minimum Gasteiger partial charge on any atom is -0.384 e. The lowest BCUT2D eigenvalue weighted by Crippen LogP contribution is -2.39. The van der Waals surface area contributed by atoms with E-state index in [0.717, 1.165) is 31.6 Å². The lowest BCUT2D eigenvalue weighted by atomic mass is 9.78. The van der Waals surface area contributed by atoms with Crippen LogP contribution < -0.4 is 10.6 Å². The first-order valence-electron chi connectivity index (χ1n) is 6.85. The highest BCUT2D eigenvalue weighted by Gasteiger charge is 2.29. The number of anilines is 1. The zero-order valence-corrected chi connectivity index (χ0v) is 11.7. The molecule has 0 unspecified atom stereocenters. The Bertz CT molecular complexity index is 476. The quantitative estimate of drug-likeness (QED) is 0.650. The summed E-state index contributed by atoms with van der Waals surface area (Å²) < 4.78 is 13.8. The number of nitrogens with one attached hydrogen (secondary N) is 1. The lowest BCUT2D eigenvalue weighted by molar-refractivity contribution is 0.238. The van der Waals surface area contributed by atoms with Crippen LogP contribution in [0, 0.1) is 16.6 Å². The molecule has 1 heterocycles. The number of nitrogens with zero attached hydrogens (tertiary/aromatic N) is 1. The molecule has 0 aromatic heterocycles. The summed E-state index contributed by atoms with van der Waals surface area (Å²) in [6.45, 7) is 6.32. The van der Waals surface area contributed by atoms with Crippen LogP contribution in [0.25, 0.3) is 0 Å². The highest BCUT2D eigenvalue weighted by Crippen LogP contribution is 2.36. The zero-order chi connectivity index (χ0) is 14.0. The third kappa shape index (κ3) is 2.72. The van der Waals surface area contributed by atoms with Crippen LogP contribution in [0.15, 0.2) is 18.2 Å². The number of benzene rings is 1. The van der Waals surface area contributed by atoms with Gasteiger partial charge in [0.05, 0.1) is 11.3 Å². The maximum atomic E-state index is 13.8. The van der Waals surface area contributed by atoms with E-state index >= 15 is 0 Å². The number of amidine groups is 1. The van der Waals surface area contributed by atoms with Crippen molar-refractivity contribution in [1.29, 1.82) is 5.41 Å². The van der Waals surface area contributed by atoms with Gasteiger partial charge in [0.15, 0.2) is 0 Å². The Hall–Kier alpha value is -1.58. The molecule has 1 aromatic carbocycles. The van der Waals surface area contributed by atoms with E-state index in [9.17, 15) is 4.39 Å². The monoisotopic (exact) mass is 263 g/mol. The molecule has 1 fully saturated rings. The first kappa shape index (κ1) is 13.8. The molecule has 1 aliphatic heterocycles. The molecule has 1 aromatic rings. The van der Waals surface area contributed by atoms with Crippen molar-refractivity contribution in [1.82, 2.24) is 0 Å². The van der Waals surface area contributed by atoms with E-state index in [-0.39, 0.29) is 11.4 Å². The highest BCUT2D eigenvalue weighted by molar-refractivity contribution is 6.00. The van der Waals surface area contributed by atoms with Crippen molar-refractivity contribution in [2.75, 3.05) is 18.0 Å². The number of nitrogens with two attached hydrogens (primary N) is 1. The summed E-state index contributed by atoms with van der Waals surface area (Å²) in [6.07, 6.45) is 3.36. The number of hydrogen-bond donors (Lipinski definition) is 2. The molecule has 0 spiro atoms. The molecule has 3 N–H and O–H groups in total. The Morgan fingerprint density at radius 3 is 2.58 bits per heavy atom. The smallest absolute Gasteiger partial charge is 0.136 e. The van der Waals surface area contributed by atoms with Gasteiger partial charge in [-0.05, 0) is 30.4 Å². The summed E-state index contributed by atoms with van der Waals surface area (Å²) >= 11 is 0. The molecule has 0 aliphatic carbocycles. The van der Waals surface area contributed by atoms with Gasteiger partial charge in [-0.2, -0.15) is 0 Å². The predicted molar refractivity (Wildman–Crippen MR) is 77.3 cm³/mol. The normalized spacial score (nSPS) is 18.4. The van der Waals surface area contributed by atoms with Gasteiger partial charge in [0, 0.05) is 13.1 Å². The standard InChI is InChI=1S/C15H22FN3/c1-3-15(2)7-9-19(10-8-15)12-6-4-5-11(16)13(12)14(17)18/h4-6H,3,7-10H2,1-2H3,(H3,17,18). The van der Waals surface area contributed by atoms with Gasteiger partial charge in [0.2, 0.25) is 0 Å². The van der Waals surface area contributed by atoms with Crippen LogP contribution in [0.4, 0.5) is 10.1 Å².